The molecule has 35 heavy (non-hydrogen) atoms. The maximum atomic E-state index is 13.4. The van der Waals surface area contributed by atoms with Crippen molar-refractivity contribution in [3.63, 3.8) is 0 Å². The monoisotopic (exact) mass is 498 g/mol. The molecule has 0 bridgehead atoms. The third kappa shape index (κ3) is 7.77. The number of hydrogen-bond donors (Lipinski definition) is 0. The normalized spacial score (nSPS) is 17.2. The molecule has 1 aromatic heterocycles. The molecule has 0 N–H and O–H groups in total. The molecular formula is C27H34N2O5S. The smallest absolute Gasteiger partial charge is 0.325 e. The van der Waals surface area contributed by atoms with E-state index in [4.69, 9.17) is 9.47 Å². The van der Waals surface area contributed by atoms with Gasteiger partial charge in [-0.05, 0) is 62.6 Å². The Morgan fingerprint density at radius 1 is 1.11 bits per heavy atom. The molecule has 0 spiro atoms. The molecule has 2 aliphatic rings. The molecule has 1 unspecified atom stereocenters. The molecule has 1 atom stereocenters. The van der Waals surface area contributed by atoms with Crippen LogP contribution in [0.4, 0.5) is 0 Å². The van der Waals surface area contributed by atoms with Gasteiger partial charge in [0.05, 0.1) is 12.9 Å². The standard InChI is InChI=1S/C27H34N2O5S/c1-2-34-27(32)17-29-16-24(28-18-29)26(31)10-9-25(30)23(15-19-11-13-33-14-12-19)20-3-5-21(6-4-20)35-22-7-8-22/h3-6,16,18-19,22-23H,2,7-15,17H2,1H3. The molecule has 8 heteroatoms. The Labute approximate surface area is 211 Å². The molecule has 1 saturated heterocycles. The van der Waals surface area contributed by atoms with Crippen molar-refractivity contribution in [2.45, 2.75) is 74.5 Å². The van der Waals surface area contributed by atoms with Gasteiger partial charge < -0.3 is 14.0 Å². The molecule has 2 aromatic rings. The SMILES string of the molecule is CCOC(=O)Cn1cnc(C(=O)CCC(=O)C(CC2CCOCC2)c2ccc(SC3CC3)cc2)c1. The molecule has 2 heterocycles. The Balaban J connectivity index is 1.37. The van der Waals surface area contributed by atoms with Gasteiger partial charge in [0, 0.05) is 48.3 Å². The number of ether oxygens (including phenoxy) is 2. The number of Topliss-reactive ketones (excluding diaryl/α,β-unsaturated/α-hetero) is 2. The first-order chi connectivity index (χ1) is 17.0. The van der Waals surface area contributed by atoms with E-state index >= 15 is 0 Å². The summed E-state index contributed by atoms with van der Waals surface area (Å²) < 4.78 is 12.0. The van der Waals surface area contributed by atoms with Gasteiger partial charge in [-0.1, -0.05) is 12.1 Å². The van der Waals surface area contributed by atoms with Crippen molar-refractivity contribution in [2.75, 3.05) is 19.8 Å². The van der Waals surface area contributed by atoms with Gasteiger partial charge in [0.1, 0.15) is 18.0 Å². The first-order valence-electron chi connectivity index (χ1n) is 12.6. The van der Waals surface area contributed by atoms with Crippen LogP contribution in [-0.4, -0.2) is 52.2 Å². The van der Waals surface area contributed by atoms with E-state index in [1.165, 1.54) is 28.6 Å². The number of aromatic nitrogens is 2. The quantitative estimate of drug-likeness (QED) is 0.289. The number of esters is 1. The minimum atomic E-state index is -0.378. The maximum Gasteiger partial charge on any atom is 0.325 e. The van der Waals surface area contributed by atoms with Crippen molar-refractivity contribution in [3.05, 3.63) is 48.0 Å². The summed E-state index contributed by atoms with van der Waals surface area (Å²) >= 11 is 1.91. The summed E-state index contributed by atoms with van der Waals surface area (Å²) in [6.45, 7) is 3.55. The van der Waals surface area contributed by atoms with Crippen molar-refractivity contribution >= 4 is 29.3 Å². The Kier molecular flexibility index (Phi) is 9.15. The third-order valence-electron chi connectivity index (χ3n) is 6.54. The molecule has 4 rings (SSSR count). The van der Waals surface area contributed by atoms with E-state index in [0.29, 0.717) is 12.5 Å². The van der Waals surface area contributed by atoms with Crippen LogP contribution in [-0.2, 0) is 25.6 Å². The summed E-state index contributed by atoms with van der Waals surface area (Å²) in [5.74, 6) is -0.239. The Morgan fingerprint density at radius 3 is 2.54 bits per heavy atom. The van der Waals surface area contributed by atoms with Crippen LogP contribution in [0.15, 0.2) is 41.7 Å². The van der Waals surface area contributed by atoms with Gasteiger partial charge in [-0.2, -0.15) is 0 Å². The minimum absolute atomic E-state index is 0.00918. The number of imidazole rings is 1. The highest BCUT2D eigenvalue weighted by molar-refractivity contribution is 8.00. The zero-order chi connectivity index (χ0) is 24.6. The second-order valence-corrected chi connectivity index (χ2v) is 10.7. The second-order valence-electron chi connectivity index (χ2n) is 9.36. The summed E-state index contributed by atoms with van der Waals surface area (Å²) in [6.07, 6.45) is 8.57. The largest absolute Gasteiger partial charge is 0.465 e. The molecule has 188 valence electrons. The fraction of sp³-hybridized carbons (Fsp3) is 0.556. The molecule has 1 aromatic carbocycles. The van der Waals surface area contributed by atoms with Gasteiger partial charge in [0.15, 0.2) is 5.78 Å². The second kappa shape index (κ2) is 12.5. The summed E-state index contributed by atoms with van der Waals surface area (Å²) in [5, 5.41) is 0.743. The molecule has 1 saturated carbocycles. The molecule has 2 fully saturated rings. The van der Waals surface area contributed by atoms with Crippen molar-refractivity contribution in [2.24, 2.45) is 5.92 Å². The Hall–Kier alpha value is -2.45. The summed E-state index contributed by atoms with van der Waals surface area (Å²) in [7, 11) is 0. The number of nitrogens with zero attached hydrogens (tertiary/aromatic N) is 2. The van der Waals surface area contributed by atoms with Crippen molar-refractivity contribution in [1.29, 1.82) is 0 Å². The van der Waals surface area contributed by atoms with E-state index in [2.05, 4.69) is 29.2 Å². The first-order valence-corrected chi connectivity index (χ1v) is 13.5. The lowest BCUT2D eigenvalue weighted by molar-refractivity contribution is -0.143. The van der Waals surface area contributed by atoms with E-state index in [1.807, 2.05) is 11.8 Å². The van der Waals surface area contributed by atoms with Gasteiger partial charge in [-0.3, -0.25) is 14.4 Å². The van der Waals surface area contributed by atoms with E-state index in [-0.39, 0.29) is 48.5 Å². The fourth-order valence-electron chi connectivity index (χ4n) is 4.41. The lowest BCUT2D eigenvalue weighted by atomic mass is 9.81. The Morgan fingerprint density at radius 2 is 1.86 bits per heavy atom. The number of benzene rings is 1. The van der Waals surface area contributed by atoms with Crippen LogP contribution in [0.3, 0.4) is 0 Å². The minimum Gasteiger partial charge on any atom is -0.465 e. The van der Waals surface area contributed by atoms with Gasteiger partial charge >= 0.3 is 5.97 Å². The number of hydrogen-bond acceptors (Lipinski definition) is 7. The van der Waals surface area contributed by atoms with Crippen molar-refractivity contribution < 1.29 is 23.9 Å². The highest BCUT2D eigenvalue weighted by atomic mass is 32.2. The third-order valence-corrected chi connectivity index (χ3v) is 7.89. The fourth-order valence-corrected chi connectivity index (χ4v) is 5.46. The lowest BCUT2D eigenvalue weighted by Gasteiger charge is -2.26. The topological polar surface area (TPSA) is 87.5 Å². The van der Waals surface area contributed by atoms with E-state index < -0.39 is 0 Å². The van der Waals surface area contributed by atoms with Crippen LogP contribution >= 0.6 is 11.8 Å². The van der Waals surface area contributed by atoms with Gasteiger partial charge in [-0.15, -0.1) is 11.8 Å². The first kappa shape index (κ1) is 25.6. The van der Waals surface area contributed by atoms with E-state index in [0.717, 1.165) is 43.3 Å². The number of ketones is 2. The number of rotatable bonds is 13. The molecule has 0 radical (unpaired) electrons. The lowest BCUT2D eigenvalue weighted by Crippen LogP contribution is -2.22. The van der Waals surface area contributed by atoms with Crippen LogP contribution in [0.2, 0.25) is 0 Å². The number of carbonyl (C=O) groups is 3. The number of thioether (sulfide) groups is 1. The van der Waals surface area contributed by atoms with Crippen LogP contribution < -0.4 is 0 Å². The van der Waals surface area contributed by atoms with Gasteiger partial charge in [-0.25, -0.2) is 4.98 Å². The van der Waals surface area contributed by atoms with Crippen LogP contribution in [0.1, 0.15) is 73.8 Å². The number of carbonyl (C=O) groups excluding carboxylic acids is 3. The molecule has 0 amide bonds. The Bertz CT molecular complexity index is 1010. The average molecular weight is 499 g/mol. The zero-order valence-electron chi connectivity index (χ0n) is 20.3. The van der Waals surface area contributed by atoms with E-state index in [9.17, 15) is 14.4 Å². The zero-order valence-corrected chi connectivity index (χ0v) is 21.1. The highest BCUT2D eigenvalue weighted by Gasteiger charge is 2.27. The predicted molar refractivity (Wildman–Crippen MR) is 134 cm³/mol. The van der Waals surface area contributed by atoms with Crippen LogP contribution in [0.5, 0.6) is 0 Å². The summed E-state index contributed by atoms with van der Waals surface area (Å²) in [4.78, 5) is 43.1. The molecule has 1 aliphatic heterocycles. The highest BCUT2D eigenvalue weighted by Crippen LogP contribution is 2.40. The molecule has 1 aliphatic carbocycles. The van der Waals surface area contributed by atoms with Crippen molar-refractivity contribution in [3.8, 4) is 0 Å². The summed E-state index contributed by atoms with van der Waals surface area (Å²) in [6, 6.07) is 8.44. The van der Waals surface area contributed by atoms with Crippen LogP contribution in [0.25, 0.3) is 0 Å². The van der Waals surface area contributed by atoms with Crippen LogP contribution in [0, 0.1) is 5.92 Å². The van der Waals surface area contributed by atoms with Gasteiger partial charge in [0.25, 0.3) is 0 Å². The van der Waals surface area contributed by atoms with E-state index in [1.54, 1.807) is 13.1 Å². The predicted octanol–water partition coefficient (Wildman–Crippen LogP) is 4.83. The molecular weight excluding hydrogens is 464 g/mol. The van der Waals surface area contributed by atoms with Crippen molar-refractivity contribution in [1.82, 2.24) is 9.55 Å². The average Bonchev–Trinajstić information content (AvgIpc) is 3.56. The molecule has 7 nitrogen and oxygen atoms in total. The van der Waals surface area contributed by atoms with Gasteiger partial charge in [0.2, 0.25) is 0 Å². The maximum absolute atomic E-state index is 13.4. The summed E-state index contributed by atoms with van der Waals surface area (Å²) in [5.41, 5.74) is 1.30.